The molecule has 0 saturated carbocycles. The molecule has 140 valence electrons. The fourth-order valence-electron chi connectivity index (χ4n) is 2.18. The number of ether oxygens (including phenoxy) is 1. The Morgan fingerprint density at radius 3 is 2.00 bits per heavy atom. The lowest BCUT2D eigenvalue weighted by molar-refractivity contribution is -0.133. The summed E-state index contributed by atoms with van der Waals surface area (Å²) in [6.45, 7) is 2.65. The zero-order valence-corrected chi connectivity index (χ0v) is 15.7. The molecular weight excluding hydrogens is 356 g/mol. The summed E-state index contributed by atoms with van der Waals surface area (Å²) in [4.78, 5) is 11.3. The normalized spacial score (nSPS) is 13.7. The van der Waals surface area contributed by atoms with Crippen LogP contribution in [0.5, 0.6) is 11.5 Å². The quantitative estimate of drug-likeness (QED) is 0.763. The van der Waals surface area contributed by atoms with Gasteiger partial charge in [0.15, 0.2) is 5.60 Å². The largest absolute Gasteiger partial charge is 0.457 e. The number of rotatable bonds is 7. The van der Waals surface area contributed by atoms with Gasteiger partial charge in [0, 0.05) is 0 Å². The number of hydrogen-bond acceptors (Lipinski definition) is 5. The van der Waals surface area contributed by atoms with Gasteiger partial charge in [0.05, 0.1) is 18.5 Å². The minimum absolute atomic E-state index is 0.283. The molecule has 7 nitrogen and oxygen atoms in total. The van der Waals surface area contributed by atoms with Crippen molar-refractivity contribution in [1.82, 2.24) is 0 Å². The van der Waals surface area contributed by atoms with Crippen LogP contribution in [0.1, 0.15) is 12.5 Å². The zero-order chi connectivity index (χ0) is 19.5. The van der Waals surface area contributed by atoms with Crippen LogP contribution in [0.15, 0.2) is 48.5 Å². The average Bonchev–Trinajstić information content (AvgIpc) is 2.55. The first-order valence-electron chi connectivity index (χ1n) is 7.83. The summed E-state index contributed by atoms with van der Waals surface area (Å²) in [6.07, 6.45) is 0.987. The zero-order valence-electron chi connectivity index (χ0n) is 14.8. The van der Waals surface area contributed by atoms with Gasteiger partial charge in [-0.05, 0) is 50.2 Å². The first-order chi connectivity index (χ1) is 12.0. The van der Waals surface area contributed by atoms with Crippen molar-refractivity contribution in [3.05, 3.63) is 54.1 Å². The summed E-state index contributed by atoms with van der Waals surface area (Å²) >= 11 is 0. The highest BCUT2D eigenvalue weighted by molar-refractivity contribution is 7.92. The molecule has 0 heterocycles. The van der Waals surface area contributed by atoms with Crippen LogP contribution in [-0.4, -0.2) is 37.8 Å². The van der Waals surface area contributed by atoms with Gasteiger partial charge < -0.3 is 15.6 Å². The number of amides is 1. The number of hydrogen-bond donors (Lipinski definition) is 2. The second kappa shape index (κ2) is 7.35. The number of carbonyl (C=O) groups is 1. The van der Waals surface area contributed by atoms with E-state index in [1.807, 2.05) is 31.2 Å². The predicted molar refractivity (Wildman–Crippen MR) is 99.7 cm³/mol. The standard InChI is InChI=1S/C18H22N2O5S/c1-13-4-8-15(9-5-13)25-16-10-6-14(7-11-16)20(26(3,23)24)12-18(2,22)17(19)21/h4-11,22H,12H2,1-3H3,(H2,19,21). The fourth-order valence-corrected chi connectivity index (χ4v) is 3.17. The first kappa shape index (κ1) is 19.7. The molecule has 2 aromatic carbocycles. The Labute approximate surface area is 153 Å². The number of carbonyl (C=O) groups excluding carboxylic acids is 1. The fraction of sp³-hybridized carbons (Fsp3) is 0.278. The lowest BCUT2D eigenvalue weighted by Gasteiger charge is -2.29. The van der Waals surface area contributed by atoms with Crippen LogP contribution in [0, 0.1) is 6.92 Å². The highest BCUT2D eigenvalue weighted by Crippen LogP contribution is 2.26. The van der Waals surface area contributed by atoms with E-state index in [0.717, 1.165) is 16.1 Å². The molecule has 8 heteroatoms. The number of benzene rings is 2. The van der Waals surface area contributed by atoms with Crippen LogP contribution >= 0.6 is 0 Å². The van der Waals surface area contributed by atoms with E-state index >= 15 is 0 Å². The Bertz CT molecular complexity index is 875. The van der Waals surface area contributed by atoms with Gasteiger partial charge in [0.25, 0.3) is 5.91 Å². The van der Waals surface area contributed by atoms with Crippen LogP contribution in [0.3, 0.4) is 0 Å². The van der Waals surface area contributed by atoms with Crippen molar-refractivity contribution in [2.45, 2.75) is 19.4 Å². The molecule has 2 rings (SSSR count). The van der Waals surface area contributed by atoms with E-state index < -0.39 is 28.1 Å². The minimum atomic E-state index is -3.74. The maximum absolute atomic E-state index is 12.1. The summed E-state index contributed by atoms with van der Waals surface area (Å²) in [6, 6.07) is 13.8. The SMILES string of the molecule is Cc1ccc(Oc2ccc(N(CC(C)(O)C(N)=O)S(C)(=O)=O)cc2)cc1. The number of aliphatic hydroxyl groups is 1. The number of aryl methyl sites for hydroxylation is 1. The maximum Gasteiger partial charge on any atom is 0.250 e. The number of sulfonamides is 1. The van der Waals surface area contributed by atoms with Crippen molar-refractivity contribution >= 4 is 21.6 Å². The Kier molecular flexibility index (Phi) is 5.58. The van der Waals surface area contributed by atoms with Gasteiger partial charge in [0.2, 0.25) is 10.0 Å². The molecule has 0 aromatic heterocycles. The van der Waals surface area contributed by atoms with Gasteiger partial charge in [-0.15, -0.1) is 0 Å². The van der Waals surface area contributed by atoms with E-state index in [4.69, 9.17) is 10.5 Å². The molecule has 1 atom stereocenters. The van der Waals surface area contributed by atoms with Crippen molar-refractivity contribution in [3.63, 3.8) is 0 Å². The van der Waals surface area contributed by atoms with Gasteiger partial charge in [-0.2, -0.15) is 0 Å². The molecule has 0 aliphatic heterocycles. The van der Waals surface area contributed by atoms with E-state index in [1.165, 1.54) is 19.1 Å². The molecule has 0 aliphatic carbocycles. The molecule has 2 aromatic rings. The molecule has 1 amide bonds. The van der Waals surface area contributed by atoms with Gasteiger partial charge in [0.1, 0.15) is 11.5 Å². The molecule has 1 unspecified atom stereocenters. The van der Waals surface area contributed by atoms with E-state index in [9.17, 15) is 18.3 Å². The number of anilines is 1. The second-order valence-electron chi connectivity index (χ2n) is 6.32. The lowest BCUT2D eigenvalue weighted by atomic mass is 10.1. The molecule has 0 aliphatic rings. The minimum Gasteiger partial charge on any atom is -0.457 e. The predicted octanol–water partition coefficient (Wildman–Crippen LogP) is 1.79. The summed E-state index contributed by atoms with van der Waals surface area (Å²) in [5.41, 5.74) is 4.52. The molecule has 26 heavy (non-hydrogen) atoms. The van der Waals surface area contributed by atoms with E-state index in [0.29, 0.717) is 11.5 Å². The molecule has 3 N–H and O–H groups in total. The van der Waals surface area contributed by atoms with E-state index in [2.05, 4.69) is 0 Å². The lowest BCUT2D eigenvalue weighted by Crippen LogP contribution is -2.51. The van der Waals surface area contributed by atoms with Crippen molar-refractivity contribution in [2.24, 2.45) is 5.73 Å². The molecule has 0 bridgehead atoms. The third-order valence-electron chi connectivity index (χ3n) is 3.76. The van der Waals surface area contributed by atoms with E-state index in [-0.39, 0.29) is 5.69 Å². The Balaban J connectivity index is 2.24. The second-order valence-corrected chi connectivity index (χ2v) is 8.22. The Morgan fingerprint density at radius 2 is 1.58 bits per heavy atom. The van der Waals surface area contributed by atoms with Crippen LogP contribution in [0.25, 0.3) is 0 Å². The monoisotopic (exact) mass is 378 g/mol. The topological polar surface area (TPSA) is 110 Å². The smallest absolute Gasteiger partial charge is 0.250 e. The summed E-state index contributed by atoms with van der Waals surface area (Å²) in [7, 11) is -3.74. The number of nitrogens with two attached hydrogens (primary N) is 1. The summed E-state index contributed by atoms with van der Waals surface area (Å²) in [5.74, 6) is 0.165. The van der Waals surface area contributed by atoms with Crippen molar-refractivity contribution in [3.8, 4) is 11.5 Å². The van der Waals surface area contributed by atoms with Crippen molar-refractivity contribution in [2.75, 3.05) is 17.1 Å². The third-order valence-corrected chi connectivity index (χ3v) is 4.90. The molecule has 0 fully saturated rings. The highest BCUT2D eigenvalue weighted by Gasteiger charge is 2.34. The number of primary amides is 1. The number of nitrogens with zero attached hydrogens (tertiary/aromatic N) is 1. The molecule has 0 saturated heterocycles. The molecule has 0 spiro atoms. The average molecular weight is 378 g/mol. The highest BCUT2D eigenvalue weighted by atomic mass is 32.2. The Morgan fingerprint density at radius 1 is 1.12 bits per heavy atom. The maximum atomic E-state index is 12.1. The van der Waals surface area contributed by atoms with Crippen LogP contribution in [-0.2, 0) is 14.8 Å². The summed E-state index contributed by atoms with van der Waals surface area (Å²) in [5, 5.41) is 10.1. The van der Waals surface area contributed by atoms with Gasteiger partial charge in [-0.3, -0.25) is 9.10 Å². The third kappa shape index (κ3) is 4.96. The van der Waals surface area contributed by atoms with Crippen LogP contribution in [0.2, 0.25) is 0 Å². The first-order valence-corrected chi connectivity index (χ1v) is 9.68. The van der Waals surface area contributed by atoms with Gasteiger partial charge in [-0.1, -0.05) is 17.7 Å². The van der Waals surface area contributed by atoms with E-state index in [1.54, 1.807) is 12.1 Å². The van der Waals surface area contributed by atoms with Crippen LogP contribution < -0.4 is 14.8 Å². The molecule has 0 radical (unpaired) electrons. The Hall–Kier alpha value is -2.58. The summed E-state index contributed by atoms with van der Waals surface area (Å²) < 4.78 is 30.8. The van der Waals surface area contributed by atoms with Crippen LogP contribution in [0.4, 0.5) is 5.69 Å². The molecular formula is C18H22N2O5S. The van der Waals surface area contributed by atoms with Crippen molar-refractivity contribution in [1.29, 1.82) is 0 Å². The van der Waals surface area contributed by atoms with Crippen molar-refractivity contribution < 1.29 is 23.1 Å². The van der Waals surface area contributed by atoms with Gasteiger partial charge >= 0.3 is 0 Å². The van der Waals surface area contributed by atoms with Gasteiger partial charge in [-0.25, -0.2) is 8.42 Å².